The normalized spacial score (nSPS) is 12.7. The Labute approximate surface area is 135 Å². The zero-order valence-corrected chi connectivity index (χ0v) is 13.9. The standard InChI is InChI=1S/C16H18FNO4S/c1-11(12-4-6-13(21-2)7-5-12)18-23(19,20)14-8-9-16(22-3)15(17)10-14/h4-11,18H,1-3H3/t11-/m0/s1. The van der Waals surface area contributed by atoms with E-state index < -0.39 is 21.9 Å². The van der Waals surface area contributed by atoms with Gasteiger partial charge in [0.1, 0.15) is 5.75 Å². The molecule has 1 N–H and O–H groups in total. The highest BCUT2D eigenvalue weighted by atomic mass is 32.2. The van der Waals surface area contributed by atoms with Gasteiger partial charge < -0.3 is 9.47 Å². The van der Waals surface area contributed by atoms with Crippen molar-refractivity contribution >= 4 is 10.0 Å². The fraction of sp³-hybridized carbons (Fsp3) is 0.250. The van der Waals surface area contributed by atoms with Gasteiger partial charge in [0.15, 0.2) is 11.6 Å². The van der Waals surface area contributed by atoms with Crippen molar-refractivity contribution < 1.29 is 22.3 Å². The molecule has 0 aromatic heterocycles. The monoisotopic (exact) mass is 339 g/mol. The van der Waals surface area contributed by atoms with E-state index in [0.717, 1.165) is 11.6 Å². The first-order valence-electron chi connectivity index (χ1n) is 6.87. The lowest BCUT2D eigenvalue weighted by Crippen LogP contribution is -2.27. The third-order valence-electron chi connectivity index (χ3n) is 3.38. The van der Waals surface area contributed by atoms with Crippen molar-refractivity contribution in [1.82, 2.24) is 4.72 Å². The van der Waals surface area contributed by atoms with Gasteiger partial charge in [0.05, 0.1) is 19.1 Å². The molecule has 0 saturated heterocycles. The van der Waals surface area contributed by atoms with Crippen LogP contribution in [-0.2, 0) is 10.0 Å². The second kappa shape index (κ2) is 6.97. The molecular weight excluding hydrogens is 321 g/mol. The van der Waals surface area contributed by atoms with Crippen molar-refractivity contribution in [3.05, 3.63) is 53.8 Å². The zero-order valence-electron chi connectivity index (χ0n) is 13.0. The van der Waals surface area contributed by atoms with Crippen molar-refractivity contribution in [2.75, 3.05) is 14.2 Å². The lowest BCUT2D eigenvalue weighted by Gasteiger charge is -2.15. The molecular formula is C16H18FNO4S. The number of nitrogens with one attached hydrogen (secondary N) is 1. The largest absolute Gasteiger partial charge is 0.497 e. The Balaban J connectivity index is 2.21. The Morgan fingerprint density at radius 3 is 2.22 bits per heavy atom. The highest BCUT2D eigenvalue weighted by molar-refractivity contribution is 7.89. The maximum Gasteiger partial charge on any atom is 0.241 e. The summed E-state index contributed by atoms with van der Waals surface area (Å²) in [5.41, 5.74) is 0.767. The maximum absolute atomic E-state index is 13.7. The molecule has 23 heavy (non-hydrogen) atoms. The van der Waals surface area contributed by atoms with Gasteiger partial charge in [-0.2, -0.15) is 0 Å². The molecule has 0 aliphatic heterocycles. The van der Waals surface area contributed by atoms with Crippen molar-refractivity contribution in [1.29, 1.82) is 0 Å². The highest BCUT2D eigenvalue weighted by Crippen LogP contribution is 2.23. The van der Waals surface area contributed by atoms with Crippen molar-refractivity contribution in [2.45, 2.75) is 17.9 Å². The van der Waals surface area contributed by atoms with Gasteiger partial charge in [-0.15, -0.1) is 0 Å². The van der Waals surface area contributed by atoms with Crippen molar-refractivity contribution in [3.8, 4) is 11.5 Å². The minimum atomic E-state index is -3.85. The van der Waals surface area contributed by atoms with Gasteiger partial charge in [-0.1, -0.05) is 12.1 Å². The summed E-state index contributed by atoms with van der Waals surface area (Å²) in [6.45, 7) is 1.71. The Bertz CT molecular complexity index is 775. The van der Waals surface area contributed by atoms with Crippen LogP contribution in [0.25, 0.3) is 0 Å². The number of rotatable bonds is 6. The average Bonchev–Trinajstić information content (AvgIpc) is 2.54. The van der Waals surface area contributed by atoms with Crippen LogP contribution in [0.15, 0.2) is 47.4 Å². The van der Waals surface area contributed by atoms with E-state index >= 15 is 0 Å². The number of ether oxygens (including phenoxy) is 2. The minimum absolute atomic E-state index is 0.00727. The highest BCUT2D eigenvalue weighted by Gasteiger charge is 2.20. The average molecular weight is 339 g/mol. The SMILES string of the molecule is COc1ccc([C@H](C)NS(=O)(=O)c2ccc(OC)c(F)c2)cc1. The summed E-state index contributed by atoms with van der Waals surface area (Å²) in [7, 11) is -0.977. The molecule has 0 radical (unpaired) electrons. The molecule has 2 aromatic rings. The lowest BCUT2D eigenvalue weighted by atomic mass is 10.1. The molecule has 0 bridgehead atoms. The lowest BCUT2D eigenvalue weighted by molar-refractivity contribution is 0.385. The van der Waals surface area contributed by atoms with Crippen LogP contribution in [-0.4, -0.2) is 22.6 Å². The molecule has 0 amide bonds. The summed E-state index contributed by atoms with van der Waals surface area (Å²) in [5.74, 6) is -0.0549. The predicted octanol–water partition coefficient (Wildman–Crippen LogP) is 2.88. The van der Waals surface area contributed by atoms with Crippen LogP contribution >= 0.6 is 0 Å². The number of hydrogen-bond acceptors (Lipinski definition) is 4. The third kappa shape index (κ3) is 4.00. The summed E-state index contributed by atoms with van der Waals surface area (Å²) >= 11 is 0. The van der Waals surface area contributed by atoms with Crippen LogP contribution in [0.1, 0.15) is 18.5 Å². The molecule has 0 fully saturated rings. The van der Waals surface area contributed by atoms with E-state index in [0.29, 0.717) is 5.75 Å². The summed E-state index contributed by atoms with van der Waals surface area (Å²) in [6, 6.07) is 10.0. The molecule has 5 nitrogen and oxygen atoms in total. The second-order valence-electron chi connectivity index (χ2n) is 4.91. The Morgan fingerprint density at radius 1 is 1.04 bits per heavy atom. The Hall–Kier alpha value is -2.12. The summed E-state index contributed by atoms with van der Waals surface area (Å²) in [5, 5.41) is 0. The minimum Gasteiger partial charge on any atom is -0.497 e. The molecule has 0 aliphatic rings. The predicted molar refractivity (Wildman–Crippen MR) is 84.7 cm³/mol. The number of halogens is 1. The molecule has 0 unspecified atom stereocenters. The van der Waals surface area contributed by atoms with E-state index in [1.807, 2.05) is 0 Å². The van der Waals surface area contributed by atoms with Gasteiger partial charge in [0.2, 0.25) is 10.0 Å². The van der Waals surface area contributed by atoms with Gasteiger partial charge in [-0.3, -0.25) is 0 Å². The van der Waals surface area contributed by atoms with Gasteiger partial charge in [0, 0.05) is 6.04 Å². The second-order valence-corrected chi connectivity index (χ2v) is 6.63. The van der Waals surface area contributed by atoms with E-state index in [1.165, 1.54) is 19.2 Å². The van der Waals surface area contributed by atoms with Gasteiger partial charge in [-0.05, 0) is 42.8 Å². The Kier molecular flexibility index (Phi) is 5.23. The van der Waals surface area contributed by atoms with Gasteiger partial charge in [-0.25, -0.2) is 17.5 Å². The molecule has 2 aromatic carbocycles. The molecule has 0 aliphatic carbocycles. The van der Waals surface area contributed by atoms with Crippen LogP contribution in [0.3, 0.4) is 0 Å². The Morgan fingerprint density at radius 2 is 1.70 bits per heavy atom. The zero-order chi connectivity index (χ0) is 17.0. The van der Waals surface area contributed by atoms with Gasteiger partial charge in [0.25, 0.3) is 0 Å². The van der Waals surface area contributed by atoms with E-state index in [-0.39, 0.29) is 10.6 Å². The fourth-order valence-corrected chi connectivity index (χ4v) is 3.32. The van der Waals surface area contributed by atoms with Crippen LogP contribution in [0.2, 0.25) is 0 Å². The molecule has 2 rings (SSSR count). The summed E-state index contributed by atoms with van der Waals surface area (Å²) < 4.78 is 50.7. The van der Waals surface area contributed by atoms with Crippen LogP contribution in [0.5, 0.6) is 11.5 Å². The molecule has 0 heterocycles. The summed E-state index contributed by atoms with van der Waals surface area (Å²) in [6.07, 6.45) is 0. The number of hydrogen-bond donors (Lipinski definition) is 1. The van der Waals surface area contributed by atoms with Crippen molar-refractivity contribution in [3.63, 3.8) is 0 Å². The van der Waals surface area contributed by atoms with Crippen LogP contribution in [0, 0.1) is 5.82 Å². The van der Waals surface area contributed by atoms with E-state index in [9.17, 15) is 12.8 Å². The maximum atomic E-state index is 13.7. The quantitative estimate of drug-likeness (QED) is 0.879. The number of sulfonamides is 1. The van der Waals surface area contributed by atoms with E-state index in [1.54, 1.807) is 38.3 Å². The van der Waals surface area contributed by atoms with Crippen LogP contribution < -0.4 is 14.2 Å². The smallest absolute Gasteiger partial charge is 0.241 e. The summed E-state index contributed by atoms with van der Waals surface area (Å²) in [4.78, 5) is -0.156. The first kappa shape index (κ1) is 17.2. The fourth-order valence-electron chi connectivity index (χ4n) is 2.08. The first-order valence-corrected chi connectivity index (χ1v) is 8.35. The molecule has 0 spiro atoms. The first-order chi connectivity index (χ1) is 10.9. The number of benzene rings is 2. The molecule has 1 atom stereocenters. The van der Waals surface area contributed by atoms with Gasteiger partial charge >= 0.3 is 0 Å². The molecule has 0 saturated carbocycles. The van der Waals surface area contributed by atoms with Crippen molar-refractivity contribution in [2.24, 2.45) is 0 Å². The van der Waals surface area contributed by atoms with Crippen LogP contribution in [0.4, 0.5) is 4.39 Å². The van der Waals surface area contributed by atoms with E-state index in [2.05, 4.69) is 4.72 Å². The molecule has 7 heteroatoms. The van der Waals surface area contributed by atoms with E-state index in [4.69, 9.17) is 9.47 Å². The third-order valence-corrected chi connectivity index (χ3v) is 4.92. The molecule has 124 valence electrons. The number of methoxy groups -OCH3 is 2. The topological polar surface area (TPSA) is 64.6 Å².